The molecule has 6 heteroatoms. The predicted octanol–water partition coefficient (Wildman–Crippen LogP) is 2.71. The Kier molecular flexibility index (Phi) is 4.70. The number of ether oxygens (including phenoxy) is 1. The van der Waals surface area contributed by atoms with E-state index < -0.39 is 17.8 Å². The van der Waals surface area contributed by atoms with Gasteiger partial charge in [-0.2, -0.15) is 0 Å². The van der Waals surface area contributed by atoms with Crippen molar-refractivity contribution in [3.05, 3.63) is 59.9 Å². The Morgan fingerprint density at radius 3 is 2.52 bits per heavy atom. The first-order chi connectivity index (χ1) is 12.0. The van der Waals surface area contributed by atoms with E-state index in [1.165, 1.54) is 23.1 Å². The summed E-state index contributed by atoms with van der Waals surface area (Å²) in [4.78, 5) is 28.5. The maximum atomic E-state index is 13.9. The van der Waals surface area contributed by atoms with Gasteiger partial charge < -0.3 is 14.5 Å². The second kappa shape index (κ2) is 6.93. The van der Waals surface area contributed by atoms with Crippen LogP contribution in [0, 0.1) is 5.82 Å². The SMILES string of the molecule is COc1ccccc1N1CCN(C(=O)c2ccccc2F)[C@H](C)C1=O. The number of carbonyl (C=O) groups is 2. The van der Waals surface area contributed by atoms with Crippen LogP contribution in [-0.4, -0.2) is 43.0 Å². The second-order valence-corrected chi connectivity index (χ2v) is 5.82. The third kappa shape index (κ3) is 3.07. The third-order valence-corrected chi connectivity index (χ3v) is 4.40. The number of nitrogens with zero attached hydrogens (tertiary/aromatic N) is 2. The maximum Gasteiger partial charge on any atom is 0.257 e. The Balaban J connectivity index is 1.85. The topological polar surface area (TPSA) is 49.9 Å². The van der Waals surface area contributed by atoms with Crippen molar-refractivity contribution in [1.82, 2.24) is 4.90 Å². The molecule has 1 saturated heterocycles. The minimum atomic E-state index is -0.689. The number of halogens is 1. The standard InChI is InChI=1S/C19H19FN2O3/c1-13-18(23)22(16-9-5-6-10-17(16)25-2)12-11-21(13)19(24)14-7-3-4-8-15(14)20/h3-10,13H,11-12H2,1-2H3/t13-/m1/s1. The molecule has 1 aliphatic rings. The second-order valence-electron chi connectivity index (χ2n) is 5.82. The fraction of sp³-hybridized carbons (Fsp3) is 0.263. The Hall–Kier alpha value is -2.89. The number of carbonyl (C=O) groups excluding carboxylic acids is 2. The lowest BCUT2D eigenvalue weighted by Crippen LogP contribution is -2.58. The van der Waals surface area contributed by atoms with Crippen molar-refractivity contribution in [1.29, 1.82) is 0 Å². The average Bonchev–Trinajstić information content (AvgIpc) is 2.64. The van der Waals surface area contributed by atoms with E-state index in [0.29, 0.717) is 24.5 Å². The predicted molar refractivity (Wildman–Crippen MR) is 92.2 cm³/mol. The maximum absolute atomic E-state index is 13.9. The van der Waals surface area contributed by atoms with E-state index in [2.05, 4.69) is 0 Å². The molecule has 0 N–H and O–H groups in total. The van der Waals surface area contributed by atoms with Gasteiger partial charge in [0.05, 0.1) is 18.4 Å². The smallest absolute Gasteiger partial charge is 0.257 e. The largest absolute Gasteiger partial charge is 0.495 e. The minimum absolute atomic E-state index is 0.0205. The highest BCUT2D eigenvalue weighted by Gasteiger charge is 2.36. The van der Waals surface area contributed by atoms with E-state index in [-0.39, 0.29) is 11.5 Å². The summed E-state index contributed by atoms with van der Waals surface area (Å²) in [5.74, 6) is -0.685. The summed E-state index contributed by atoms with van der Waals surface area (Å²) in [7, 11) is 1.55. The summed E-state index contributed by atoms with van der Waals surface area (Å²) in [6.07, 6.45) is 0. The fourth-order valence-electron chi connectivity index (χ4n) is 3.03. The summed E-state index contributed by atoms with van der Waals surface area (Å²) in [5, 5.41) is 0. The van der Waals surface area contributed by atoms with Crippen LogP contribution in [0.4, 0.5) is 10.1 Å². The first-order valence-electron chi connectivity index (χ1n) is 8.04. The highest BCUT2D eigenvalue weighted by atomic mass is 19.1. The van der Waals surface area contributed by atoms with Crippen molar-refractivity contribution in [3.63, 3.8) is 0 Å². The highest BCUT2D eigenvalue weighted by molar-refractivity contribution is 6.04. The summed E-state index contributed by atoms with van der Waals surface area (Å²) < 4.78 is 19.2. The van der Waals surface area contributed by atoms with E-state index in [9.17, 15) is 14.0 Å². The van der Waals surface area contributed by atoms with E-state index in [4.69, 9.17) is 4.74 Å². The van der Waals surface area contributed by atoms with Gasteiger partial charge in [0.2, 0.25) is 5.91 Å². The monoisotopic (exact) mass is 342 g/mol. The third-order valence-electron chi connectivity index (χ3n) is 4.40. The first kappa shape index (κ1) is 17.0. The number of rotatable bonds is 3. The molecule has 25 heavy (non-hydrogen) atoms. The Morgan fingerprint density at radius 1 is 1.12 bits per heavy atom. The van der Waals surface area contributed by atoms with Crippen LogP contribution in [0.25, 0.3) is 0 Å². The zero-order chi connectivity index (χ0) is 18.0. The molecule has 2 aromatic rings. The van der Waals surface area contributed by atoms with Crippen molar-refractivity contribution in [2.24, 2.45) is 0 Å². The van der Waals surface area contributed by atoms with Crippen molar-refractivity contribution < 1.29 is 18.7 Å². The van der Waals surface area contributed by atoms with Gasteiger partial charge in [0.1, 0.15) is 17.6 Å². The summed E-state index contributed by atoms with van der Waals surface area (Å²) in [6, 6.07) is 12.4. The summed E-state index contributed by atoms with van der Waals surface area (Å²) >= 11 is 0. The molecular weight excluding hydrogens is 323 g/mol. The Bertz CT molecular complexity index is 809. The molecule has 3 rings (SSSR count). The normalized spacial score (nSPS) is 17.6. The molecule has 0 aromatic heterocycles. The van der Waals surface area contributed by atoms with Gasteiger partial charge in [-0.25, -0.2) is 4.39 Å². The van der Waals surface area contributed by atoms with Gasteiger partial charge >= 0.3 is 0 Å². The molecule has 1 fully saturated rings. The fourth-order valence-corrected chi connectivity index (χ4v) is 3.03. The number of amides is 2. The van der Waals surface area contributed by atoms with E-state index in [1.807, 2.05) is 12.1 Å². The molecule has 1 heterocycles. The van der Waals surface area contributed by atoms with Gasteiger partial charge in [0.25, 0.3) is 5.91 Å². The van der Waals surface area contributed by atoms with Crippen LogP contribution in [0.2, 0.25) is 0 Å². The number of anilines is 1. The zero-order valence-electron chi connectivity index (χ0n) is 14.1. The van der Waals surface area contributed by atoms with Crippen molar-refractivity contribution in [2.45, 2.75) is 13.0 Å². The Labute approximate surface area is 145 Å². The van der Waals surface area contributed by atoms with E-state index in [1.54, 1.807) is 37.1 Å². The van der Waals surface area contributed by atoms with Gasteiger partial charge in [-0.15, -0.1) is 0 Å². The number of hydrogen-bond donors (Lipinski definition) is 0. The lowest BCUT2D eigenvalue weighted by atomic mass is 10.1. The Morgan fingerprint density at radius 2 is 1.80 bits per heavy atom. The highest BCUT2D eigenvalue weighted by Crippen LogP contribution is 2.30. The lowest BCUT2D eigenvalue weighted by molar-refractivity contribution is -0.124. The molecule has 0 unspecified atom stereocenters. The van der Waals surface area contributed by atoms with E-state index >= 15 is 0 Å². The molecule has 5 nitrogen and oxygen atoms in total. The molecular formula is C19H19FN2O3. The van der Waals surface area contributed by atoms with Crippen LogP contribution in [-0.2, 0) is 4.79 Å². The molecule has 0 radical (unpaired) electrons. The van der Waals surface area contributed by atoms with Gasteiger partial charge in [0.15, 0.2) is 0 Å². The van der Waals surface area contributed by atoms with Gasteiger partial charge in [-0.05, 0) is 31.2 Å². The molecule has 2 aromatic carbocycles. The van der Waals surface area contributed by atoms with Gasteiger partial charge in [-0.1, -0.05) is 24.3 Å². The van der Waals surface area contributed by atoms with Gasteiger partial charge in [0, 0.05) is 13.1 Å². The van der Waals surface area contributed by atoms with Crippen LogP contribution in [0.5, 0.6) is 5.75 Å². The molecule has 0 saturated carbocycles. The molecule has 0 aliphatic carbocycles. The van der Waals surface area contributed by atoms with Crippen LogP contribution in [0.3, 0.4) is 0 Å². The number of hydrogen-bond acceptors (Lipinski definition) is 3. The average molecular weight is 342 g/mol. The summed E-state index contributed by atoms with van der Waals surface area (Å²) in [5.41, 5.74) is 0.646. The quantitative estimate of drug-likeness (QED) is 0.862. The number of methoxy groups -OCH3 is 1. The molecule has 1 aliphatic heterocycles. The van der Waals surface area contributed by atoms with Crippen molar-refractivity contribution in [2.75, 3.05) is 25.1 Å². The van der Waals surface area contributed by atoms with Crippen LogP contribution >= 0.6 is 0 Å². The number of benzene rings is 2. The molecule has 2 amide bonds. The molecule has 0 spiro atoms. The molecule has 0 bridgehead atoms. The summed E-state index contributed by atoms with van der Waals surface area (Å²) in [6.45, 7) is 2.30. The molecule has 1 atom stereocenters. The molecule has 130 valence electrons. The van der Waals surface area contributed by atoms with Crippen LogP contribution < -0.4 is 9.64 Å². The lowest BCUT2D eigenvalue weighted by Gasteiger charge is -2.39. The number of piperazine rings is 1. The van der Waals surface area contributed by atoms with Crippen LogP contribution in [0.15, 0.2) is 48.5 Å². The van der Waals surface area contributed by atoms with Crippen LogP contribution in [0.1, 0.15) is 17.3 Å². The van der Waals surface area contributed by atoms with Crippen molar-refractivity contribution in [3.8, 4) is 5.75 Å². The van der Waals surface area contributed by atoms with Gasteiger partial charge in [-0.3, -0.25) is 9.59 Å². The first-order valence-corrected chi connectivity index (χ1v) is 8.04. The zero-order valence-corrected chi connectivity index (χ0v) is 14.1. The van der Waals surface area contributed by atoms with E-state index in [0.717, 1.165) is 0 Å². The number of para-hydroxylation sites is 2. The van der Waals surface area contributed by atoms with Crippen molar-refractivity contribution >= 4 is 17.5 Å². The minimum Gasteiger partial charge on any atom is -0.495 e.